The molecule has 1 rings (SSSR count). The van der Waals surface area contributed by atoms with Crippen LogP contribution in [0, 0.1) is 5.82 Å². The van der Waals surface area contributed by atoms with Gasteiger partial charge < -0.3 is 0 Å². The first-order valence-corrected chi connectivity index (χ1v) is 8.69. The maximum absolute atomic E-state index is 12.7. The molecule has 1 aromatic rings. The summed E-state index contributed by atoms with van der Waals surface area (Å²) in [5.74, 6) is -0.245. The quantitative estimate of drug-likeness (QED) is 0.395. The van der Waals surface area contributed by atoms with Gasteiger partial charge in [0.2, 0.25) is 0 Å². The minimum atomic E-state index is -0.857. The predicted octanol–water partition coefficient (Wildman–Crippen LogP) is 3.21. The van der Waals surface area contributed by atoms with Gasteiger partial charge in [0.1, 0.15) is 0 Å². The van der Waals surface area contributed by atoms with Gasteiger partial charge in [-0.15, -0.1) is 0 Å². The number of carbonyl (C=O) groups excluding carboxylic acids is 1. The fourth-order valence-electron chi connectivity index (χ4n) is 1.52. The number of carbonyl (C=O) groups is 1. The summed E-state index contributed by atoms with van der Waals surface area (Å²) in [6, 6.07) is 6.26. The molecule has 3 heteroatoms. The monoisotopic (exact) mass is 364 g/mol. The van der Waals surface area contributed by atoms with Crippen molar-refractivity contribution in [3.8, 4) is 0 Å². The van der Waals surface area contributed by atoms with Crippen molar-refractivity contribution in [2.75, 3.05) is 0 Å². The normalized spacial score (nSPS) is 11.0. The van der Waals surface area contributed by atoms with Crippen LogP contribution in [-0.4, -0.2) is 24.8 Å². The molecule has 18 heavy (non-hydrogen) atoms. The Labute approximate surface area is 119 Å². The number of halogens is 1. The fourth-order valence-corrected chi connectivity index (χ4v) is 3.43. The maximum atomic E-state index is 12.7. The zero-order valence-electron chi connectivity index (χ0n) is 10.7. The van der Waals surface area contributed by atoms with Gasteiger partial charge in [0.05, 0.1) is 0 Å². The van der Waals surface area contributed by atoms with Crippen LogP contribution in [0.4, 0.5) is 4.39 Å². The van der Waals surface area contributed by atoms with Crippen LogP contribution in [0.15, 0.2) is 36.4 Å². The molecule has 0 aliphatic carbocycles. The van der Waals surface area contributed by atoms with Gasteiger partial charge in [-0.1, -0.05) is 0 Å². The molecular formula is C15H19FOTe. The fraction of sp³-hybridized carbons (Fsp3) is 0.400. The molecule has 0 heterocycles. The van der Waals surface area contributed by atoms with Crippen LogP contribution in [0.3, 0.4) is 0 Å². The Morgan fingerprint density at radius 3 is 2.61 bits per heavy atom. The molecular weight excluding hydrogens is 343 g/mol. The van der Waals surface area contributed by atoms with E-state index in [2.05, 4.69) is 6.92 Å². The second kappa shape index (κ2) is 9.30. The topological polar surface area (TPSA) is 17.1 Å². The van der Waals surface area contributed by atoms with Gasteiger partial charge in [0, 0.05) is 0 Å². The van der Waals surface area contributed by atoms with Gasteiger partial charge >= 0.3 is 119 Å². The van der Waals surface area contributed by atoms with Crippen molar-refractivity contribution in [1.82, 2.24) is 0 Å². The Bertz CT molecular complexity index is 384. The zero-order chi connectivity index (χ0) is 13.2. The van der Waals surface area contributed by atoms with Gasteiger partial charge in [-0.25, -0.2) is 0 Å². The van der Waals surface area contributed by atoms with Crippen molar-refractivity contribution in [2.24, 2.45) is 0 Å². The summed E-state index contributed by atoms with van der Waals surface area (Å²) in [6.45, 7) is 2.19. The van der Waals surface area contributed by atoms with Crippen molar-refractivity contribution in [1.29, 1.82) is 0 Å². The summed E-state index contributed by atoms with van der Waals surface area (Å²) in [4.78, 5) is 11.7. The molecule has 0 aliphatic rings. The Hall–Kier alpha value is -0.650. The number of rotatable bonds is 8. The molecule has 0 aliphatic heterocycles. The molecule has 0 radical (unpaired) electrons. The van der Waals surface area contributed by atoms with Crippen molar-refractivity contribution in [2.45, 2.75) is 39.0 Å². The van der Waals surface area contributed by atoms with Crippen LogP contribution in [0.2, 0.25) is 0 Å². The van der Waals surface area contributed by atoms with E-state index >= 15 is 0 Å². The van der Waals surface area contributed by atoms with Crippen LogP contribution < -0.4 is 3.61 Å². The van der Waals surface area contributed by atoms with Crippen LogP contribution >= 0.6 is 0 Å². The zero-order valence-corrected chi connectivity index (χ0v) is 13.0. The molecule has 1 nitrogen and oxygen atoms in total. The Morgan fingerprint density at radius 1 is 1.22 bits per heavy atom. The average Bonchev–Trinajstić information content (AvgIpc) is 2.36. The van der Waals surface area contributed by atoms with E-state index in [0.717, 1.165) is 16.5 Å². The first-order chi connectivity index (χ1) is 8.72. The van der Waals surface area contributed by atoms with E-state index in [1.54, 1.807) is 18.2 Å². The molecule has 0 bridgehead atoms. The number of hydrogen-bond acceptors (Lipinski definition) is 1. The van der Waals surface area contributed by atoms with Crippen molar-refractivity contribution in [3.63, 3.8) is 0 Å². The Kier molecular flexibility index (Phi) is 7.96. The first-order valence-electron chi connectivity index (χ1n) is 6.36. The van der Waals surface area contributed by atoms with E-state index in [1.165, 1.54) is 31.4 Å². The number of benzene rings is 1. The molecule has 0 unspecified atom stereocenters. The van der Waals surface area contributed by atoms with Gasteiger partial charge in [0.15, 0.2) is 0 Å². The Balaban J connectivity index is 2.24. The summed E-state index contributed by atoms with van der Waals surface area (Å²) in [6.07, 6.45) is 9.58. The third-order valence-electron chi connectivity index (χ3n) is 2.51. The summed E-state index contributed by atoms with van der Waals surface area (Å²) in [5.41, 5.74) is 0. The van der Waals surface area contributed by atoms with E-state index in [0.29, 0.717) is 0 Å². The molecule has 0 fully saturated rings. The molecule has 1 aromatic carbocycles. The summed E-state index contributed by atoms with van der Waals surface area (Å²) >= 11 is -0.857. The third-order valence-corrected chi connectivity index (χ3v) is 4.92. The van der Waals surface area contributed by atoms with Crippen LogP contribution in [-0.2, 0) is 4.79 Å². The van der Waals surface area contributed by atoms with Crippen LogP contribution in [0.5, 0.6) is 0 Å². The van der Waals surface area contributed by atoms with E-state index in [4.69, 9.17) is 0 Å². The van der Waals surface area contributed by atoms with Gasteiger partial charge in [-0.2, -0.15) is 0 Å². The number of allylic oxidation sites excluding steroid dienone is 2. The minimum absolute atomic E-state index is 0.211. The van der Waals surface area contributed by atoms with Crippen molar-refractivity contribution in [3.05, 3.63) is 42.2 Å². The molecule has 98 valence electrons. The first kappa shape index (κ1) is 15.4. The molecule has 0 amide bonds. The van der Waals surface area contributed by atoms with Crippen molar-refractivity contribution < 1.29 is 9.18 Å². The van der Waals surface area contributed by atoms with E-state index in [1.807, 2.05) is 6.08 Å². The van der Waals surface area contributed by atoms with Gasteiger partial charge in [-0.3, -0.25) is 0 Å². The van der Waals surface area contributed by atoms with Crippen LogP contribution in [0.25, 0.3) is 0 Å². The standard InChI is InChI=1S/C15H19FOTe/c1-2-3-4-5-6-7-8-15(17)18-14-11-9-13(16)10-12-14/h7-12H,2-6H2,1H3/b8-7+. The summed E-state index contributed by atoms with van der Waals surface area (Å²) in [7, 11) is 0. The third kappa shape index (κ3) is 6.93. The van der Waals surface area contributed by atoms with Crippen molar-refractivity contribution >= 4 is 28.4 Å². The van der Waals surface area contributed by atoms with E-state index in [-0.39, 0.29) is 9.65 Å². The molecule has 0 spiro atoms. The number of unbranched alkanes of at least 4 members (excludes halogenated alkanes) is 4. The average molecular weight is 362 g/mol. The predicted molar refractivity (Wildman–Crippen MR) is 74.7 cm³/mol. The molecule has 0 atom stereocenters. The van der Waals surface area contributed by atoms with E-state index in [9.17, 15) is 9.18 Å². The second-order valence-corrected chi connectivity index (χ2v) is 7.20. The summed E-state index contributed by atoms with van der Waals surface area (Å²) in [5, 5.41) is 0. The number of hydrogen-bond donors (Lipinski definition) is 0. The van der Waals surface area contributed by atoms with Gasteiger partial charge in [0.25, 0.3) is 0 Å². The van der Waals surface area contributed by atoms with E-state index < -0.39 is 20.9 Å². The molecule has 0 N–H and O–H groups in total. The second-order valence-electron chi connectivity index (χ2n) is 4.13. The molecule has 0 aromatic heterocycles. The SMILES string of the molecule is CCCCCC/C=C/C(=O)[Te]c1ccc(F)cc1. The molecule has 0 saturated heterocycles. The Morgan fingerprint density at radius 2 is 1.94 bits per heavy atom. The van der Waals surface area contributed by atoms with Crippen LogP contribution in [0.1, 0.15) is 39.0 Å². The summed E-state index contributed by atoms with van der Waals surface area (Å²) < 4.78 is 13.9. The molecule has 0 saturated carbocycles. The van der Waals surface area contributed by atoms with Gasteiger partial charge in [-0.05, 0) is 0 Å².